The second-order valence-electron chi connectivity index (χ2n) is 5.61. The lowest BCUT2D eigenvalue weighted by Crippen LogP contribution is -2.20. The average Bonchev–Trinajstić information content (AvgIpc) is 2.55. The third kappa shape index (κ3) is 3.65. The van der Waals surface area contributed by atoms with Crippen LogP contribution in [0.5, 0.6) is 0 Å². The van der Waals surface area contributed by atoms with Crippen molar-refractivity contribution in [3.05, 3.63) is 77.4 Å². The number of rotatable bonds is 8. The molecule has 2 aromatic rings. The topological polar surface area (TPSA) is 18.5 Å². The summed E-state index contributed by atoms with van der Waals surface area (Å²) in [6.07, 6.45) is 4.12. The lowest BCUT2D eigenvalue weighted by molar-refractivity contribution is 0.0180. The van der Waals surface area contributed by atoms with Crippen LogP contribution < -0.4 is 0 Å². The molecule has 1 atom stereocenters. The van der Waals surface area contributed by atoms with Crippen molar-refractivity contribution in [1.82, 2.24) is 0 Å². The van der Waals surface area contributed by atoms with Crippen molar-refractivity contribution >= 4 is 6.08 Å². The zero-order valence-electron chi connectivity index (χ0n) is 12.8. The van der Waals surface area contributed by atoms with Gasteiger partial charge in [-0.05, 0) is 28.7 Å². The van der Waals surface area contributed by atoms with Crippen molar-refractivity contribution in [3.8, 4) is 0 Å². The molecule has 1 unspecified atom stereocenters. The van der Waals surface area contributed by atoms with E-state index >= 15 is 0 Å². The summed E-state index contributed by atoms with van der Waals surface area (Å²) >= 11 is 0. The summed E-state index contributed by atoms with van der Waals surface area (Å²) in [6.45, 7) is 5.90. The van der Waals surface area contributed by atoms with E-state index < -0.39 is 0 Å². The quantitative estimate of drug-likeness (QED) is 0.665. The van der Waals surface area contributed by atoms with Gasteiger partial charge in [0.05, 0.1) is 12.7 Å². The van der Waals surface area contributed by atoms with Gasteiger partial charge in [-0.3, -0.25) is 0 Å². The Labute approximate surface area is 132 Å². The molecule has 22 heavy (non-hydrogen) atoms. The third-order valence-electron chi connectivity index (χ3n) is 4.04. The normalized spacial score (nSPS) is 15.9. The second kappa shape index (κ2) is 7.39. The molecule has 0 spiro atoms. The average molecular weight is 294 g/mol. The first-order valence-electron chi connectivity index (χ1n) is 7.85. The summed E-state index contributed by atoms with van der Waals surface area (Å²) in [5.41, 5.74) is 5.11. The molecule has 1 aliphatic rings. The fraction of sp³-hybridized carbons (Fsp3) is 0.300. The van der Waals surface area contributed by atoms with Crippen molar-refractivity contribution < 1.29 is 9.47 Å². The second-order valence-corrected chi connectivity index (χ2v) is 5.61. The van der Waals surface area contributed by atoms with Crippen LogP contribution in [0.4, 0.5) is 0 Å². The molecule has 0 fully saturated rings. The van der Waals surface area contributed by atoms with Gasteiger partial charge in [-0.1, -0.05) is 61.2 Å². The van der Waals surface area contributed by atoms with Crippen molar-refractivity contribution in [1.29, 1.82) is 0 Å². The molecule has 2 nitrogen and oxygen atoms in total. The van der Waals surface area contributed by atoms with Crippen molar-refractivity contribution in [2.75, 3.05) is 13.2 Å². The molecule has 0 saturated heterocycles. The van der Waals surface area contributed by atoms with Gasteiger partial charge in [-0.2, -0.15) is 0 Å². The molecule has 114 valence electrons. The van der Waals surface area contributed by atoms with Crippen LogP contribution in [-0.4, -0.2) is 13.2 Å². The summed E-state index contributed by atoms with van der Waals surface area (Å²) in [6, 6.07) is 16.8. The highest BCUT2D eigenvalue weighted by atomic mass is 16.5. The van der Waals surface area contributed by atoms with Gasteiger partial charge in [0, 0.05) is 19.6 Å². The van der Waals surface area contributed by atoms with Crippen LogP contribution in [0.1, 0.15) is 34.8 Å². The minimum Gasteiger partial charge on any atom is -0.377 e. The van der Waals surface area contributed by atoms with Gasteiger partial charge in [0.15, 0.2) is 0 Å². The summed E-state index contributed by atoms with van der Waals surface area (Å²) in [5.74, 6) is 0. The molecule has 0 bridgehead atoms. The molecule has 0 aromatic heterocycles. The van der Waals surface area contributed by atoms with Gasteiger partial charge in [0.25, 0.3) is 0 Å². The summed E-state index contributed by atoms with van der Waals surface area (Å²) in [4.78, 5) is 0. The number of ether oxygens (including phenoxy) is 2. The highest BCUT2D eigenvalue weighted by molar-refractivity contribution is 5.47. The van der Waals surface area contributed by atoms with E-state index in [1.165, 1.54) is 16.7 Å². The Balaban J connectivity index is 1.29. The van der Waals surface area contributed by atoms with E-state index in [2.05, 4.69) is 55.1 Å². The van der Waals surface area contributed by atoms with E-state index in [0.717, 1.165) is 31.6 Å². The lowest BCUT2D eigenvalue weighted by atomic mass is 9.85. The molecule has 2 heteroatoms. The van der Waals surface area contributed by atoms with E-state index in [0.29, 0.717) is 12.7 Å². The molecule has 0 aliphatic heterocycles. The first-order chi connectivity index (χ1) is 10.9. The maximum absolute atomic E-state index is 5.90. The monoisotopic (exact) mass is 294 g/mol. The minimum absolute atomic E-state index is 0.294. The highest BCUT2D eigenvalue weighted by Crippen LogP contribution is 2.35. The van der Waals surface area contributed by atoms with Crippen LogP contribution >= 0.6 is 0 Å². The SMILES string of the molecule is C=Cc1ccc(COCCCOC2Cc3ccccc32)cc1. The zero-order chi connectivity index (χ0) is 15.2. The van der Waals surface area contributed by atoms with Crippen molar-refractivity contribution in [3.63, 3.8) is 0 Å². The lowest BCUT2D eigenvalue weighted by Gasteiger charge is -2.29. The van der Waals surface area contributed by atoms with Gasteiger partial charge in [0.2, 0.25) is 0 Å². The Morgan fingerprint density at radius 1 is 1.05 bits per heavy atom. The maximum atomic E-state index is 5.90. The standard InChI is InChI=1S/C20H22O2/c1-2-16-8-10-17(11-9-16)15-21-12-5-13-22-20-14-18-6-3-4-7-19(18)20/h2-4,6-11,20H,1,5,12-15H2. The van der Waals surface area contributed by atoms with E-state index in [1.807, 2.05) is 6.08 Å². The number of fused-ring (bicyclic) bond motifs is 1. The van der Waals surface area contributed by atoms with Crippen molar-refractivity contribution in [2.45, 2.75) is 25.6 Å². The Bertz CT molecular complexity index is 616. The van der Waals surface area contributed by atoms with Crippen LogP contribution in [0, 0.1) is 0 Å². The molecule has 0 N–H and O–H groups in total. The number of hydrogen-bond acceptors (Lipinski definition) is 2. The van der Waals surface area contributed by atoms with Crippen LogP contribution in [0.2, 0.25) is 0 Å². The van der Waals surface area contributed by atoms with Crippen LogP contribution in [-0.2, 0) is 22.5 Å². The molecule has 0 amide bonds. The summed E-state index contributed by atoms with van der Waals surface area (Å²) < 4.78 is 11.6. The van der Waals surface area contributed by atoms with E-state index in [9.17, 15) is 0 Å². The van der Waals surface area contributed by atoms with Crippen molar-refractivity contribution in [2.24, 2.45) is 0 Å². The molecule has 1 aliphatic carbocycles. The maximum Gasteiger partial charge on any atom is 0.0868 e. The fourth-order valence-electron chi connectivity index (χ4n) is 2.69. The van der Waals surface area contributed by atoms with E-state index in [1.54, 1.807) is 0 Å². The Kier molecular flexibility index (Phi) is 5.04. The number of hydrogen-bond donors (Lipinski definition) is 0. The van der Waals surface area contributed by atoms with Gasteiger partial charge < -0.3 is 9.47 Å². The van der Waals surface area contributed by atoms with Crippen LogP contribution in [0.3, 0.4) is 0 Å². The zero-order valence-corrected chi connectivity index (χ0v) is 12.8. The van der Waals surface area contributed by atoms with Gasteiger partial charge >= 0.3 is 0 Å². The van der Waals surface area contributed by atoms with Crippen LogP contribution in [0.25, 0.3) is 6.08 Å². The molecule has 3 rings (SSSR count). The third-order valence-corrected chi connectivity index (χ3v) is 4.04. The first-order valence-corrected chi connectivity index (χ1v) is 7.85. The summed E-state index contributed by atoms with van der Waals surface area (Å²) in [5, 5.41) is 0. The number of benzene rings is 2. The van der Waals surface area contributed by atoms with Crippen LogP contribution in [0.15, 0.2) is 55.1 Å². The molecular formula is C20H22O2. The van der Waals surface area contributed by atoms with E-state index in [4.69, 9.17) is 9.47 Å². The molecule has 0 radical (unpaired) electrons. The first kappa shape index (κ1) is 15.0. The van der Waals surface area contributed by atoms with Gasteiger partial charge in [-0.15, -0.1) is 0 Å². The molecule has 0 heterocycles. The fourth-order valence-corrected chi connectivity index (χ4v) is 2.69. The predicted octanol–water partition coefficient (Wildman–Crippen LogP) is 4.55. The molecule has 0 saturated carbocycles. The molecular weight excluding hydrogens is 272 g/mol. The minimum atomic E-state index is 0.294. The van der Waals surface area contributed by atoms with Gasteiger partial charge in [-0.25, -0.2) is 0 Å². The Morgan fingerprint density at radius 3 is 2.64 bits per heavy atom. The predicted molar refractivity (Wildman–Crippen MR) is 89.6 cm³/mol. The Hall–Kier alpha value is -1.90. The van der Waals surface area contributed by atoms with Gasteiger partial charge in [0.1, 0.15) is 0 Å². The largest absolute Gasteiger partial charge is 0.377 e. The highest BCUT2D eigenvalue weighted by Gasteiger charge is 2.25. The molecule has 2 aromatic carbocycles. The van der Waals surface area contributed by atoms with E-state index in [-0.39, 0.29) is 0 Å². The smallest absolute Gasteiger partial charge is 0.0868 e. The Morgan fingerprint density at radius 2 is 1.86 bits per heavy atom. The summed E-state index contributed by atoms with van der Waals surface area (Å²) in [7, 11) is 0.